The minimum atomic E-state index is -0.173. The molecule has 1 saturated carbocycles. The SMILES string of the molecule is O=C(Nc1ccncc1)NC1CCC(CO)CC1. The molecule has 1 aliphatic carbocycles. The van der Waals surface area contributed by atoms with Crippen LogP contribution in [0.15, 0.2) is 24.5 Å². The first-order chi connectivity index (χ1) is 8.78. The first-order valence-corrected chi connectivity index (χ1v) is 6.36. The van der Waals surface area contributed by atoms with Crippen molar-refractivity contribution in [2.24, 2.45) is 5.92 Å². The van der Waals surface area contributed by atoms with Crippen molar-refractivity contribution in [1.82, 2.24) is 10.3 Å². The van der Waals surface area contributed by atoms with Gasteiger partial charge in [0.05, 0.1) is 0 Å². The molecule has 0 bridgehead atoms. The van der Waals surface area contributed by atoms with E-state index in [2.05, 4.69) is 15.6 Å². The van der Waals surface area contributed by atoms with Crippen LogP contribution in [0, 0.1) is 5.92 Å². The molecule has 0 unspecified atom stereocenters. The van der Waals surface area contributed by atoms with Gasteiger partial charge in [0.25, 0.3) is 0 Å². The van der Waals surface area contributed by atoms with Gasteiger partial charge in [-0.2, -0.15) is 0 Å². The smallest absolute Gasteiger partial charge is 0.319 e. The molecule has 1 aliphatic rings. The number of amides is 2. The molecule has 5 heteroatoms. The first kappa shape index (κ1) is 12.8. The fraction of sp³-hybridized carbons (Fsp3) is 0.538. The number of aromatic nitrogens is 1. The van der Waals surface area contributed by atoms with E-state index in [4.69, 9.17) is 5.11 Å². The zero-order valence-corrected chi connectivity index (χ0v) is 10.3. The zero-order chi connectivity index (χ0) is 12.8. The van der Waals surface area contributed by atoms with E-state index in [-0.39, 0.29) is 18.7 Å². The van der Waals surface area contributed by atoms with Gasteiger partial charge in [-0.3, -0.25) is 4.98 Å². The molecule has 1 aromatic rings. The van der Waals surface area contributed by atoms with Gasteiger partial charge in [-0.05, 0) is 43.7 Å². The minimum Gasteiger partial charge on any atom is -0.396 e. The van der Waals surface area contributed by atoms with Crippen LogP contribution in [0.1, 0.15) is 25.7 Å². The molecule has 0 radical (unpaired) electrons. The number of pyridine rings is 1. The van der Waals surface area contributed by atoms with Crippen LogP contribution in [-0.4, -0.2) is 28.8 Å². The molecule has 0 aliphatic heterocycles. The van der Waals surface area contributed by atoms with Gasteiger partial charge >= 0.3 is 6.03 Å². The van der Waals surface area contributed by atoms with E-state index in [0.717, 1.165) is 31.4 Å². The van der Waals surface area contributed by atoms with E-state index in [0.29, 0.717) is 5.92 Å². The average molecular weight is 249 g/mol. The average Bonchev–Trinajstić information content (AvgIpc) is 2.40. The Hall–Kier alpha value is -1.62. The van der Waals surface area contributed by atoms with Gasteiger partial charge in [-0.1, -0.05) is 0 Å². The topological polar surface area (TPSA) is 74.2 Å². The molecule has 0 atom stereocenters. The quantitative estimate of drug-likeness (QED) is 0.764. The molecular formula is C13H19N3O2. The Bertz CT molecular complexity index is 375. The summed E-state index contributed by atoms with van der Waals surface area (Å²) in [7, 11) is 0. The molecule has 2 amide bonds. The van der Waals surface area contributed by atoms with Crippen molar-refractivity contribution in [2.75, 3.05) is 11.9 Å². The van der Waals surface area contributed by atoms with Gasteiger partial charge in [0.1, 0.15) is 0 Å². The fourth-order valence-electron chi connectivity index (χ4n) is 2.28. The predicted octanol–water partition coefficient (Wildman–Crippen LogP) is 1.75. The van der Waals surface area contributed by atoms with Crippen LogP contribution in [0.25, 0.3) is 0 Å². The van der Waals surface area contributed by atoms with E-state index in [1.807, 2.05) is 0 Å². The van der Waals surface area contributed by atoms with Crippen LogP contribution in [0.2, 0.25) is 0 Å². The number of carbonyl (C=O) groups excluding carboxylic acids is 1. The van der Waals surface area contributed by atoms with E-state index in [9.17, 15) is 4.79 Å². The summed E-state index contributed by atoms with van der Waals surface area (Å²) in [6.45, 7) is 0.260. The van der Waals surface area contributed by atoms with Gasteiger partial charge in [0, 0.05) is 30.7 Å². The van der Waals surface area contributed by atoms with Crippen molar-refractivity contribution >= 4 is 11.7 Å². The highest BCUT2D eigenvalue weighted by molar-refractivity contribution is 5.89. The minimum absolute atomic E-state index is 0.173. The van der Waals surface area contributed by atoms with Gasteiger partial charge in [0.15, 0.2) is 0 Å². The van der Waals surface area contributed by atoms with E-state index in [1.54, 1.807) is 24.5 Å². The maximum absolute atomic E-state index is 11.7. The number of rotatable bonds is 3. The van der Waals surface area contributed by atoms with Crippen LogP contribution < -0.4 is 10.6 Å². The number of urea groups is 1. The zero-order valence-electron chi connectivity index (χ0n) is 10.3. The summed E-state index contributed by atoms with van der Waals surface area (Å²) < 4.78 is 0. The van der Waals surface area contributed by atoms with Crippen molar-refractivity contribution in [2.45, 2.75) is 31.7 Å². The van der Waals surface area contributed by atoms with Crippen molar-refractivity contribution in [1.29, 1.82) is 0 Å². The summed E-state index contributed by atoms with van der Waals surface area (Å²) in [6.07, 6.45) is 7.13. The van der Waals surface area contributed by atoms with Crippen molar-refractivity contribution in [3.8, 4) is 0 Å². The molecule has 2 rings (SSSR count). The second kappa shape index (κ2) is 6.35. The fourth-order valence-corrected chi connectivity index (χ4v) is 2.28. The van der Waals surface area contributed by atoms with Crippen LogP contribution in [0.3, 0.4) is 0 Å². The lowest BCUT2D eigenvalue weighted by atomic mass is 9.87. The highest BCUT2D eigenvalue weighted by atomic mass is 16.3. The summed E-state index contributed by atoms with van der Waals surface area (Å²) >= 11 is 0. The summed E-state index contributed by atoms with van der Waals surface area (Å²) in [5.41, 5.74) is 0.742. The highest BCUT2D eigenvalue weighted by Crippen LogP contribution is 2.23. The molecule has 1 aromatic heterocycles. The number of nitrogens with zero attached hydrogens (tertiary/aromatic N) is 1. The molecular weight excluding hydrogens is 230 g/mol. The summed E-state index contributed by atoms with van der Waals surface area (Å²) in [6, 6.07) is 3.55. The third kappa shape index (κ3) is 3.70. The van der Waals surface area contributed by atoms with Crippen LogP contribution >= 0.6 is 0 Å². The molecule has 5 nitrogen and oxygen atoms in total. The molecule has 1 heterocycles. The maximum Gasteiger partial charge on any atom is 0.319 e. The van der Waals surface area contributed by atoms with Gasteiger partial charge in [0.2, 0.25) is 0 Å². The monoisotopic (exact) mass is 249 g/mol. The lowest BCUT2D eigenvalue weighted by Crippen LogP contribution is -2.40. The molecule has 0 spiro atoms. The van der Waals surface area contributed by atoms with E-state index >= 15 is 0 Å². The largest absolute Gasteiger partial charge is 0.396 e. The number of aliphatic hydroxyl groups excluding tert-OH is 1. The number of anilines is 1. The molecule has 1 fully saturated rings. The third-order valence-corrected chi connectivity index (χ3v) is 3.38. The maximum atomic E-state index is 11.7. The second-order valence-corrected chi connectivity index (χ2v) is 4.73. The Morgan fingerprint density at radius 2 is 1.94 bits per heavy atom. The third-order valence-electron chi connectivity index (χ3n) is 3.38. The summed E-state index contributed by atoms with van der Waals surface area (Å²) in [5, 5.41) is 14.8. The lowest BCUT2D eigenvalue weighted by Gasteiger charge is -2.27. The Morgan fingerprint density at radius 3 is 2.56 bits per heavy atom. The van der Waals surface area contributed by atoms with Crippen LogP contribution in [0.4, 0.5) is 10.5 Å². The van der Waals surface area contributed by atoms with Gasteiger partial charge < -0.3 is 15.7 Å². The lowest BCUT2D eigenvalue weighted by molar-refractivity contribution is 0.176. The summed E-state index contributed by atoms with van der Waals surface area (Å²) in [5.74, 6) is 0.409. The number of nitrogens with one attached hydrogen (secondary N) is 2. The Kier molecular flexibility index (Phi) is 4.52. The molecule has 98 valence electrons. The number of hydrogen-bond donors (Lipinski definition) is 3. The summed E-state index contributed by atoms with van der Waals surface area (Å²) in [4.78, 5) is 15.6. The Labute approximate surface area is 107 Å². The Morgan fingerprint density at radius 1 is 1.28 bits per heavy atom. The molecule has 3 N–H and O–H groups in total. The van der Waals surface area contributed by atoms with E-state index in [1.165, 1.54) is 0 Å². The normalized spacial score (nSPS) is 23.4. The Balaban J connectivity index is 1.75. The van der Waals surface area contributed by atoms with Crippen molar-refractivity contribution < 1.29 is 9.90 Å². The molecule has 0 aromatic carbocycles. The molecule has 0 saturated heterocycles. The van der Waals surface area contributed by atoms with Crippen LogP contribution in [0.5, 0.6) is 0 Å². The van der Waals surface area contributed by atoms with Crippen molar-refractivity contribution in [3.05, 3.63) is 24.5 Å². The van der Waals surface area contributed by atoms with Gasteiger partial charge in [-0.25, -0.2) is 4.79 Å². The standard InChI is InChI=1S/C13H19N3O2/c17-9-10-1-3-11(4-2-10)15-13(18)16-12-5-7-14-8-6-12/h5-8,10-11,17H,1-4,9H2,(H2,14,15,16,18). The highest BCUT2D eigenvalue weighted by Gasteiger charge is 2.21. The number of hydrogen-bond acceptors (Lipinski definition) is 3. The number of carbonyl (C=O) groups is 1. The van der Waals surface area contributed by atoms with Gasteiger partial charge in [-0.15, -0.1) is 0 Å². The number of aliphatic hydroxyl groups is 1. The van der Waals surface area contributed by atoms with E-state index < -0.39 is 0 Å². The van der Waals surface area contributed by atoms with Crippen molar-refractivity contribution in [3.63, 3.8) is 0 Å². The van der Waals surface area contributed by atoms with Crippen LogP contribution in [-0.2, 0) is 0 Å². The molecule has 18 heavy (non-hydrogen) atoms. The first-order valence-electron chi connectivity index (χ1n) is 6.36. The second-order valence-electron chi connectivity index (χ2n) is 4.73. The predicted molar refractivity (Wildman–Crippen MR) is 69.2 cm³/mol.